The number of methoxy groups -OCH3 is 1. The number of hydrogen-bond donors (Lipinski definition) is 1. The quantitative estimate of drug-likeness (QED) is 0.750. The molecule has 0 atom stereocenters. The minimum atomic E-state index is 0.849. The highest BCUT2D eigenvalue weighted by Crippen LogP contribution is 2.20. The molecule has 0 saturated carbocycles. The summed E-state index contributed by atoms with van der Waals surface area (Å²) in [6.07, 6.45) is 0. The van der Waals surface area contributed by atoms with Crippen LogP contribution in [0.4, 0.5) is 0 Å². The topological polar surface area (TPSA) is 24.5 Å². The average molecular weight is 325 g/mol. The zero-order chi connectivity index (χ0) is 15.1. The molecular formula is C16H21ClN2OS. The molecule has 114 valence electrons. The van der Waals surface area contributed by atoms with Gasteiger partial charge in [0.2, 0.25) is 0 Å². The van der Waals surface area contributed by atoms with Crippen LogP contribution in [0.3, 0.4) is 0 Å². The van der Waals surface area contributed by atoms with Crippen molar-refractivity contribution >= 4 is 22.9 Å². The number of benzene rings is 1. The monoisotopic (exact) mass is 324 g/mol. The molecule has 0 fully saturated rings. The second kappa shape index (κ2) is 8.39. The summed E-state index contributed by atoms with van der Waals surface area (Å²) in [6, 6.07) is 12.2. The van der Waals surface area contributed by atoms with Crippen LogP contribution < -0.4 is 10.1 Å². The first-order valence-corrected chi connectivity index (χ1v) is 8.13. The highest BCUT2D eigenvalue weighted by atomic mass is 35.5. The molecule has 0 amide bonds. The predicted molar refractivity (Wildman–Crippen MR) is 90.4 cm³/mol. The largest absolute Gasteiger partial charge is 0.497 e. The SMILES string of the molecule is COc1cccc(CN(C)CCNCc2ccc(Cl)s2)c1. The summed E-state index contributed by atoms with van der Waals surface area (Å²) in [6.45, 7) is 3.75. The summed E-state index contributed by atoms with van der Waals surface area (Å²) < 4.78 is 6.09. The fourth-order valence-electron chi connectivity index (χ4n) is 2.09. The normalized spacial score (nSPS) is 11.0. The molecule has 1 aromatic heterocycles. The highest BCUT2D eigenvalue weighted by molar-refractivity contribution is 7.16. The van der Waals surface area contributed by atoms with Gasteiger partial charge in [-0.25, -0.2) is 0 Å². The Morgan fingerprint density at radius 1 is 1.29 bits per heavy atom. The third-order valence-corrected chi connectivity index (χ3v) is 4.42. The number of nitrogens with one attached hydrogen (secondary N) is 1. The number of halogens is 1. The van der Waals surface area contributed by atoms with Gasteiger partial charge in [-0.1, -0.05) is 23.7 Å². The molecule has 0 unspecified atom stereocenters. The summed E-state index contributed by atoms with van der Waals surface area (Å²) in [5, 5.41) is 3.44. The first-order chi connectivity index (χ1) is 10.2. The first kappa shape index (κ1) is 16.3. The molecule has 3 nitrogen and oxygen atoms in total. The summed E-state index contributed by atoms with van der Waals surface area (Å²) in [4.78, 5) is 3.57. The molecule has 0 aliphatic carbocycles. The second-order valence-electron chi connectivity index (χ2n) is 4.97. The van der Waals surface area contributed by atoms with Crippen molar-refractivity contribution in [2.45, 2.75) is 13.1 Å². The summed E-state index contributed by atoms with van der Waals surface area (Å²) in [7, 11) is 3.83. The molecule has 0 aliphatic heterocycles. The van der Waals surface area contributed by atoms with Gasteiger partial charge >= 0.3 is 0 Å². The standard InChI is InChI=1S/C16H21ClN2OS/c1-19(12-13-4-3-5-14(10-13)20-2)9-8-18-11-15-6-7-16(17)21-15/h3-7,10,18H,8-9,11-12H2,1-2H3. The Kier molecular flexibility index (Phi) is 6.51. The first-order valence-electron chi connectivity index (χ1n) is 6.94. The fraction of sp³-hybridized carbons (Fsp3) is 0.375. The zero-order valence-electron chi connectivity index (χ0n) is 12.4. The molecule has 21 heavy (non-hydrogen) atoms. The van der Waals surface area contributed by atoms with Crippen molar-refractivity contribution in [3.8, 4) is 5.75 Å². The molecule has 0 bridgehead atoms. The van der Waals surface area contributed by atoms with Gasteiger partial charge in [0, 0.05) is 31.1 Å². The highest BCUT2D eigenvalue weighted by Gasteiger charge is 2.02. The van der Waals surface area contributed by atoms with E-state index < -0.39 is 0 Å². The van der Waals surface area contributed by atoms with Gasteiger partial charge in [0.05, 0.1) is 11.4 Å². The van der Waals surface area contributed by atoms with E-state index in [4.69, 9.17) is 16.3 Å². The third kappa shape index (κ3) is 5.67. The maximum atomic E-state index is 5.91. The summed E-state index contributed by atoms with van der Waals surface area (Å²) >= 11 is 7.54. The molecule has 2 rings (SSSR count). The average Bonchev–Trinajstić information content (AvgIpc) is 2.89. The van der Waals surface area contributed by atoms with Crippen molar-refractivity contribution < 1.29 is 4.74 Å². The van der Waals surface area contributed by atoms with Crippen LogP contribution in [0.25, 0.3) is 0 Å². The minimum absolute atomic E-state index is 0.849. The molecule has 1 N–H and O–H groups in total. The van der Waals surface area contributed by atoms with Crippen LogP contribution in [-0.4, -0.2) is 32.1 Å². The molecule has 0 aliphatic rings. The van der Waals surface area contributed by atoms with E-state index in [0.29, 0.717) is 0 Å². The van der Waals surface area contributed by atoms with E-state index in [-0.39, 0.29) is 0 Å². The van der Waals surface area contributed by atoms with Crippen LogP contribution in [0.15, 0.2) is 36.4 Å². The lowest BCUT2D eigenvalue weighted by atomic mass is 10.2. The molecule has 1 aromatic carbocycles. The molecule has 5 heteroatoms. The smallest absolute Gasteiger partial charge is 0.119 e. The lowest BCUT2D eigenvalue weighted by molar-refractivity contribution is 0.323. The predicted octanol–water partition coefficient (Wildman–Crippen LogP) is 3.63. The number of hydrogen-bond acceptors (Lipinski definition) is 4. The Labute approximate surface area is 135 Å². The maximum absolute atomic E-state index is 5.91. The third-order valence-electron chi connectivity index (χ3n) is 3.19. The van der Waals surface area contributed by atoms with Crippen molar-refractivity contribution in [3.63, 3.8) is 0 Å². The van der Waals surface area contributed by atoms with E-state index in [2.05, 4.69) is 35.5 Å². The van der Waals surface area contributed by atoms with E-state index in [1.807, 2.05) is 18.2 Å². The molecule has 0 saturated heterocycles. The van der Waals surface area contributed by atoms with Crippen LogP contribution in [0, 0.1) is 0 Å². The van der Waals surface area contributed by atoms with Crippen molar-refractivity contribution in [1.29, 1.82) is 0 Å². The van der Waals surface area contributed by atoms with Crippen LogP contribution in [0.1, 0.15) is 10.4 Å². The molecule has 2 aromatic rings. The van der Waals surface area contributed by atoms with Crippen LogP contribution >= 0.6 is 22.9 Å². The Morgan fingerprint density at radius 2 is 2.14 bits per heavy atom. The van der Waals surface area contributed by atoms with Crippen LogP contribution in [0.5, 0.6) is 5.75 Å². The number of rotatable bonds is 8. The van der Waals surface area contributed by atoms with Crippen LogP contribution in [0.2, 0.25) is 4.34 Å². The van der Waals surface area contributed by atoms with Gasteiger partial charge in [0.1, 0.15) is 5.75 Å². The molecular weight excluding hydrogens is 304 g/mol. The summed E-state index contributed by atoms with van der Waals surface area (Å²) in [5.74, 6) is 0.911. The van der Waals surface area contributed by atoms with Gasteiger partial charge in [-0.15, -0.1) is 11.3 Å². The molecule has 1 heterocycles. The van der Waals surface area contributed by atoms with Gasteiger partial charge in [-0.05, 0) is 36.9 Å². The van der Waals surface area contributed by atoms with Crippen molar-refractivity contribution in [2.24, 2.45) is 0 Å². The van der Waals surface area contributed by atoms with E-state index >= 15 is 0 Å². The molecule has 0 spiro atoms. The van der Waals surface area contributed by atoms with Gasteiger partial charge in [0.25, 0.3) is 0 Å². The number of ether oxygens (including phenoxy) is 1. The lowest BCUT2D eigenvalue weighted by Crippen LogP contribution is -2.28. The number of thiophene rings is 1. The van der Waals surface area contributed by atoms with E-state index in [1.165, 1.54) is 10.4 Å². The van der Waals surface area contributed by atoms with Gasteiger partial charge in [-0.2, -0.15) is 0 Å². The minimum Gasteiger partial charge on any atom is -0.497 e. The van der Waals surface area contributed by atoms with E-state index in [0.717, 1.165) is 36.3 Å². The fourth-order valence-corrected chi connectivity index (χ4v) is 3.15. The van der Waals surface area contributed by atoms with Gasteiger partial charge in [0.15, 0.2) is 0 Å². The van der Waals surface area contributed by atoms with Crippen molar-refractivity contribution in [1.82, 2.24) is 10.2 Å². The summed E-state index contributed by atoms with van der Waals surface area (Å²) in [5.41, 5.74) is 1.27. The Balaban J connectivity index is 1.68. The van der Waals surface area contributed by atoms with Gasteiger partial charge < -0.3 is 15.0 Å². The van der Waals surface area contributed by atoms with E-state index in [9.17, 15) is 0 Å². The zero-order valence-corrected chi connectivity index (χ0v) is 14.0. The molecule has 0 radical (unpaired) electrons. The van der Waals surface area contributed by atoms with E-state index in [1.54, 1.807) is 18.4 Å². The Morgan fingerprint density at radius 3 is 2.86 bits per heavy atom. The maximum Gasteiger partial charge on any atom is 0.119 e. The number of likely N-dealkylation sites (N-methyl/N-ethyl adjacent to an activating group) is 1. The Bertz CT molecular complexity index is 559. The van der Waals surface area contributed by atoms with Crippen molar-refractivity contribution in [2.75, 3.05) is 27.2 Å². The number of nitrogens with zero attached hydrogens (tertiary/aromatic N) is 1. The lowest BCUT2D eigenvalue weighted by Gasteiger charge is -2.17. The Hall–Kier alpha value is -1.07. The second-order valence-corrected chi connectivity index (χ2v) is 6.77. The van der Waals surface area contributed by atoms with Gasteiger partial charge in [-0.3, -0.25) is 0 Å². The van der Waals surface area contributed by atoms with Crippen LogP contribution in [-0.2, 0) is 13.1 Å². The van der Waals surface area contributed by atoms with Crippen molar-refractivity contribution in [3.05, 3.63) is 51.2 Å².